The molecule has 3 rings (SSSR count). The summed E-state index contributed by atoms with van der Waals surface area (Å²) in [4.78, 5) is 28.2. The molecule has 11 heteroatoms. The molecule has 0 saturated heterocycles. The normalized spacial score (nSPS) is 11.3. The Kier molecular flexibility index (Phi) is 6.53. The summed E-state index contributed by atoms with van der Waals surface area (Å²) in [7, 11) is 0. The number of nitrogens with two attached hydrogens (primary N) is 1. The highest BCUT2D eigenvalue weighted by Gasteiger charge is 2.31. The number of nitrogens with zero attached hydrogens (tertiary/aromatic N) is 1. The minimum atomic E-state index is -4.79. The largest absolute Gasteiger partial charge is 0.573 e. The van der Waals surface area contributed by atoms with Gasteiger partial charge in [-0.25, -0.2) is 4.98 Å². The number of amides is 2. The van der Waals surface area contributed by atoms with Crippen LogP contribution in [-0.2, 0) is 11.2 Å². The number of fused-ring (bicyclic) bond motifs is 1. The van der Waals surface area contributed by atoms with E-state index < -0.39 is 12.3 Å². The van der Waals surface area contributed by atoms with Crippen molar-refractivity contribution >= 4 is 38.5 Å². The first-order chi connectivity index (χ1) is 14.2. The molecule has 0 unspecified atom stereocenters. The number of carbonyl (C=O) groups excluding carboxylic acids is 2. The Morgan fingerprint density at radius 3 is 2.67 bits per heavy atom. The highest BCUT2D eigenvalue weighted by Crippen LogP contribution is 2.31. The van der Waals surface area contributed by atoms with Crippen molar-refractivity contribution in [3.05, 3.63) is 53.6 Å². The van der Waals surface area contributed by atoms with Crippen LogP contribution in [0.25, 0.3) is 10.2 Å². The zero-order chi connectivity index (χ0) is 21.7. The Morgan fingerprint density at radius 2 is 1.93 bits per heavy atom. The molecule has 0 aliphatic carbocycles. The highest BCUT2D eigenvalue weighted by atomic mass is 32.1. The first-order valence-corrected chi connectivity index (χ1v) is 9.59. The Morgan fingerprint density at radius 1 is 1.17 bits per heavy atom. The van der Waals surface area contributed by atoms with Gasteiger partial charge in [-0.3, -0.25) is 14.9 Å². The fraction of sp³-hybridized carbons (Fsp3) is 0.211. The Labute approximate surface area is 173 Å². The number of nitrogens with one attached hydrogen (secondary N) is 2. The van der Waals surface area contributed by atoms with E-state index in [1.165, 1.54) is 12.1 Å². The Bertz CT molecular complexity index is 1070. The molecular weight excluding hydrogens is 421 g/mol. The third-order valence-electron chi connectivity index (χ3n) is 3.98. The van der Waals surface area contributed by atoms with Gasteiger partial charge in [0.15, 0.2) is 5.13 Å². The Balaban J connectivity index is 1.73. The minimum Gasteiger partial charge on any atom is -0.406 e. The summed E-state index contributed by atoms with van der Waals surface area (Å²) < 4.78 is 41.5. The minimum absolute atomic E-state index is 0.116. The van der Waals surface area contributed by atoms with Crippen LogP contribution in [0.4, 0.5) is 18.3 Å². The maximum atomic E-state index is 12.7. The maximum absolute atomic E-state index is 12.7. The summed E-state index contributed by atoms with van der Waals surface area (Å²) >= 11 is 1.03. The number of ether oxygens (including phenoxy) is 1. The second kappa shape index (κ2) is 9.09. The molecule has 0 aliphatic rings. The van der Waals surface area contributed by atoms with Crippen LogP contribution in [-0.4, -0.2) is 36.3 Å². The van der Waals surface area contributed by atoms with Crippen molar-refractivity contribution < 1.29 is 27.5 Å². The van der Waals surface area contributed by atoms with Crippen LogP contribution in [0.3, 0.4) is 0 Å². The molecule has 0 fully saturated rings. The molecule has 0 saturated carbocycles. The molecule has 1 heterocycles. The maximum Gasteiger partial charge on any atom is 0.573 e. The van der Waals surface area contributed by atoms with Crippen molar-refractivity contribution in [3.8, 4) is 5.75 Å². The number of alkyl halides is 3. The van der Waals surface area contributed by atoms with Crippen molar-refractivity contribution in [1.29, 1.82) is 0 Å². The van der Waals surface area contributed by atoms with Gasteiger partial charge in [-0.15, -0.1) is 13.2 Å². The number of hydrogen-bond acceptors (Lipinski definition) is 6. The number of anilines is 1. The van der Waals surface area contributed by atoms with Crippen molar-refractivity contribution in [2.75, 3.05) is 18.4 Å². The van der Waals surface area contributed by atoms with Gasteiger partial charge in [0.25, 0.3) is 5.91 Å². The van der Waals surface area contributed by atoms with Gasteiger partial charge in [0.05, 0.1) is 16.8 Å². The van der Waals surface area contributed by atoms with E-state index in [1.54, 1.807) is 24.3 Å². The van der Waals surface area contributed by atoms with Crippen LogP contribution in [0.15, 0.2) is 42.5 Å². The fourth-order valence-electron chi connectivity index (χ4n) is 2.69. The SMILES string of the molecule is NCC(=O)NCCc1ccccc1C(=O)Nc1nc2ccc(OC(F)(F)F)cc2s1. The zero-order valence-electron chi connectivity index (χ0n) is 15.5. The smallest absolute Gasteiger partial charge is 0.406 e. The molecule has 0 radical (unpaired) electrons. The van der Waals surface area contributed by atoms with Crippen LogP contribution in [0.5, 0.6) is 5.75 Å². The molecule has 4 N–H and O–H groups in total. The summed E-state index contributed by atoms with van der Waals surface area (Å²) in [6.07, 6.45) is -4.37. The van der Waals surface area contributed by atoms with Gasteiger partial charge >= 0.3 is 6.36 Å². The van der Waals surface area contributed by atoms with Crippen molar-refractivity contribution in [2.45, 2.75) is 12.8 Å². The van der Waals surface area contributed by atoms with Crippen molar-refractivity contribution in [3.63, 3.8) is 0 Å². The molecule has 2 amide bonds. The quantitative estimate of drug-likeness (QED) is 0.526. The van der Waals surface area contributed by atoms with Crippen molar-refractivity contribution in [1.82, 2.24) is 10.3 Å². The summed E-state index contributed by atoms with van der Waals surface area (Å²) in [6, 6.07) is 10.6. The first-order valence-electron chi connectivity index (χ1n) is 8.77. The molecule has 0 bridgehead atoms. The summed E-state index contributed by atoms with van der Waals surface area (Å²) in [5, 5.41) is 5.54. The van der Waals surface area contributed by atoms with Gasteiger partial charge in [0.2, 0.25) is 5.91 Å². The number of aromatic nitrogens is 1. The van der Waals surface area contributed by atoms with E-state index >= 15 is 0 Å². The van der Waals surface area contributed by atoms with Gasteiger partial charge in [-0.2, -0.15) is 0 Å². The second-order valence-electron chi connectivity index (χ2n) is 6.11. The summed E-state index contributed by atoms with van der Waals surface area (Å²) in [6.45, 7) is 0.207. The summed E-state index contributed by atoms with van der Waals surface area (Å²) in [5.74, 6) is -1.07. The lowest BCUT2D eigenvalue weighted by Gasteiger charge is -2.09. The lowest BCUT2D eigenvalue weighted by Crippen LogP contribution is -2.32. The predicted octanol–water partition coefficient (Wildman–Crippen LogP) is 3.06. The number of rotatable bonds is 7. The molecule has 3 aromatic rings. The number of hydrogen-bond donors (Lipinski definition) is 3. The van der Waals surface area contributed by atoms with Gasteiger partial charge in [0.1, 0.15) is 5.75 Å². The molecule has 0 aliphatic heterocycles. The number of halogens is 3. The zero-order valence-corrected chi connectivity index (χ0v) is 16.3. The lowest BCUT2D eigenvalue weighted by molar-refractivity contribution is -0.274. The standard InChI is InChI=1S/C19H17F3N4O3S/c20-19(21,22)29-12-5-6-14-15(9-12)30-18(25-14)26-17(28)13-4-2-1-3-11(13)7-8-24-16(27)10-23/h1-6,9H,7-8,10,23H2,(H,24,27)(H,25,26,28). The average Bonchev–Trinajstić information content (AvgIpc) is 3.08. The van der Waals surface area contributed by atoms with Crippen LogP contribution < -0.4 is 21.1 Å². The molecular formula is C19H17F3N4O3S. The third-order valence-corrected chi connectivity index (χ3v) is 4.91. The molecule has 2 aromatic carbocycles. The number of benzene rings is 2. The van der Waals surface area contributed by atoms with E-state index in [0.717, 1.165) is 17.4 Å². The highest BCUT2D eigenvalue weighted by molar-refractivity contribution is 7.22. The van der Waals surface area contributed by atoms with E-state index in [-0.39, 0.29) is 23.3 Å². The average molecular weight is 438 g/mol. The number of thiazole rings is 1. The molecule has 0 spiro atoms. The van der Waals surface area contributed by atoms with Crippen LogP contribution in [0.2, 0.25) is 0 Å². The Hall–Kier alpha value is -3.18. The van der Waals surface area contributed by atoms with Gasteiger partial charge in [0, 0.05) is 18.2 Å². The summed E-state index contributed by atoms with van der Waals surface area (Å²) in [5.41, 5.74) is 6.79. The van der Waals surface area contributed by atoms with Crippen molar-refractivity contribution in [2.24, 2.45) is 5.73 Å². The van der Waals surface area contributed by atoms with E-state index in [4.69, 9.17) is 5.73 Å². The molecule has 158 valence electrons. The second-order valence-corrected chi connectivity index (χ2v) is 7.14. The van der Waals surface area contributed by atoms with Crippen LogP contribution in [0.1, 0.15) is 15.9 Å². The molecule has 7 nitrogen and oxygen atoms in total. The van der Waals surface area contributed by atoms with E-state index in [9.17, 15) is 22.8 Å². The molecule has 0 atom stereocenters. The van der Waals surface area contributed by atoms with E-state index in [1.807, 2.05) is 0 Å². The van der Waals surface area contributed by atoms with Gasteiger partial charge in [-0.05, 0) is 30.2 Å². The lowest BCUT2D eigenvalue weighted by atomic mass is 10.0. The third kappa shape index (κ3) is 5.67. The molecule has 1 aromatic heterocycles. The number of carbonyl (C=O) groups is 2. The topological polar surface area (TPSA) is 106 Å². The van der Waals surface area contributed by atoms with Crippen LogP contribution >= 0.6 is 11.3 Å². The van der Waals surface area contributed by atoms with Crippen LogP contribution in [0, 0.1) is 0 Å². The van der Waals surface area contributed by atoms with Gasteiger partial charge < -0.3 is 15.8 Å². The van der Waals surface area contributed by atoms with Gasteiger partial charge in [-0.1, -0.05) is 29.5 Å². The first kappa shape index (κ1) is 21.5. The molecule has 30 heavy (non-hydrogen) atoms. The van der Waals surface area contributed by atoms with E-state index in [2.05, 4.69) is 20.4 Å². The predicted molar refractivity (Wildman–Crippen MR) is 106 cm³/mol. The fourth-order valence-corrected chi connectivity index (χ4v) is 3.58. The van der Waals surface area contributed by atoms with E-state index in [0.29, 0.717) is 34.3 Å². The monoisotopic (exact) mass is 438 g/mol.